The first-order valence-electron chi connectivity index (χ1n) is 5.35. The molecule has 0 saturated heterocycles. The summed E-state index contributed by atoms with van der Waals surface area (Å²) < 4.78 is 10.8. The summed E-state index contributed by atoms with van der Waals surface area (Å²) in [5.74, 6) is 2.80. The predicted octanol–water partition coefficient (Wildman–Crippen LogP) is 3.01. The van der Waals surface area contributed by atoms with Crippen LogP contribution >= 0.6 is 47.0 Å². The zero-order valence-corrected chi connectivity index (χ0v) is 19.2. The van der Waals surface area contributed by atoms with E-state index < -0.39 is 0 Å². The summed E-state index contributed by atoms with van der Waals surface area (Å²) in [4.78, 5) is 0. The number of thioether (sulfide) groups is 4. The van der Waals surface area contributed by atoms with E-state index in [1.54, 1.807) is 22.8 Å². The molecule has 0 spiro atoms. The molecule has 4 rings (SSSR count). The molecule has 0 radical (unpaired) electrons. The predicted molar refractivity (Wildman–Crippen MR) is 93.8 cm³/mol. The van der Waals surface area contributed by atoms with Crippen LogP contribution in [-0.2, 0) is 0 Å². The Morgan fingerprint density at radius 2 is 1.11 bits per heavy atom. The minimum atomic E-state index is 0.698. The Morgan fingerprint density at radius 1 is 0.611 bits per heavy atom. The van der Waals surface area contributed by atoms with Gasteiger partial charge in [0, 0.05) is 0 Å². The van der Waals surface area contributed by atoms with Gasteiger partial charge in [0.05, 0.1) is 0 Å². The normalized spacial score (nSPS) is 32.0. The molecule has 4 aliphatic rings. The molecular weight excluding hydrogens is 564 g/mol. The molecule has 0 bridgehead atoms. The van der Waals surface area contributed by atoms with Gasteiger partial charge in [-0.1, -0.05) is 0 Å². The zero-order chi connectivity index (χ0) is 11.9. The second-order valence-corrected chi connectivity index (χ2v) is 20.2. The zero-order valence-electron chi connectivity index (χ0n) is 9.09. The van der Waals surface area contributed by atoms with Crippen molar-refractivity contribution in [1.29, 1.82) is 0 Å². The van der Waals surface area contributed by atoms with Crippen molar-refractivity contribution in [2.24, 2.45) is 0 Å². The van der Waals surface area contributed by atoms with Crippen molar-refractivity contribution in [3.63, 3.8) is 0 Å². The first-order valence-corrected chi connectivity index (χ1v) is 16.5. The van der Waals surface area contributed by atoms with Crippen LogP contribution < -0.4 is 0 Å². The molecule has 0 nitrogen and oxygen atoms in total. The third-order valence-electron chi connectivity index (χ3n) is 2.34. The van der Waals surface area contributed by atoms with E-state index in [0.29, 0.717) is 29.9 Å². The van der Waals surface area contributed by atoms with Crippen LogP contribution in [-0.4, -0.2) is 71.3 Å². The Bertz CT molecular complexity index is 412. The van der Waals surface area contributed by atoms with Gasteiger partial charge in [-0.3, -0.25) is 0 Å². The molecule has 0 N–H and O–H groups in total. The fourth-order valence-corrected chi connectivity index (χ4v) is 25.4. The van der Waals surface area contributed by atoms with Gasteiger partial charge in [0.25, 0.3) is 0 Å². The fraction of sp³-hybridized carbons (Fsp3) is 0.400. The van der Waals surface area contributed by atoms with E-state index in [2.05, 4.69) is 47.0 Å². The van der Waals surface area contributed by atoms with Gasteiger partial charge in [-0.15, -0.1) is 0 Å². The van der Waals surface area contributed by atoms with E-state index in [1.807, 2.05) is 0 Å². The van der Waals surface area contributed by atoms with Gasteiger partial charge in [-0.05, 0) is 0 Å². The molecule has 0 aromatic rings. The van der Waals surface area contributed by atoms with Crippen LogP contribution in [0.4, 0.5) is 0 Å². The molecule has 0 aromatic carbocycles. The number of rotatable bonds is 0. The summed E-state index contributed by atoms with van der Waals surface area (Å²) in [7, 11) is 0. The van der Waals surface area contributed by atoms with Crippen LogP contribution in [0.5, 0.6) is 0 Å². The van der Waals surface area contributed by atoms with Crippen molar-refractivity contribution in [3.8, 4) is 0 Å². The summed E-state index contributed by atoms with van der Waals surface area (Å²) in [6.07, 6.45) is 0. The molecule has 18 heavy (non-hydrogen) atoms. The van der Waals surface area contributed by atoms with Crippen LogP contribution in [0.3, 0.4) is 0 Å². The van der Waals surface area contributed by atoms with Crippen molar-refractivity contribution < 1.29 is 0 Å². The molecule has 0 atom stereocenters. The van der Waals surface area contributed by atoms with Gasteiger partial charge < -0.3 is 0 Å². The van der Waals surface area contributed by atoms with Gasteiger partial charge in [-0.25, -0.2) is 0 Å². The summed E-state index contributed by atoms with van der Waals surface area (Å²) in [5, 5.41) is 2.93. The van der Waals surface area contributed by atoms with E-state index in [-0.39, 0.29) is 0 Å². The molecule has 96 valence electrons. The van der Waals surface area contributed by atoms with Crippen LogP contribution in [0.25, 0.3) is 0 Å². The SMILES string of the molecule is C1C[Se]C2=C(S1)[Se]/C(=C1\SC3=C(SCC[Se]3)[Se]1)S2. The Morgan fingerprint density at radius 3 is 1.56 bits per heavy atom. The molecular formula is C10H8S4Se4. The molecule has 0 aliphatic carbocycles. The van der Waals surface area contributed by atoms with Gasteiger partial charge in [0.2, 0.25) is 0 Å². The molecule has 4 heterocycles. The van der Waals surface area contributed by atoms with Crippen LogP contribution in [0.1, 0.15) is 0 Å². The average Bonchev–Trinajstić information content (AvgIpc) is 3.02. The molecule has 8 heteroatoms. The molecule has 0 aromatic heterocycles. The van der Waals surface area contributed by atoms with Gasteiger partial charge in [0.15, 0.2) is 0 Å². The third-order valence-corrected chi connectivity index (χ3v) is 24.4. The second-order valence-electron chi connectivity index (χ2n) is 3.53. The fourth-order valence-electron chi connectivity index (χ4n) is 1.60. The van der Waals surface area contributed by atoms with E-state index in [9.17, 15) is 0 Å². The van der Waals surface area contributed by atoms with Crippen molar-refractivity contribution in [1.82, 2.24) is 0 Å². The maximum atomic E-state index is 2.20. The molecule has 0 unspecified atom stereocenters. The first-order chi connectivity index (χ1) is 8.90. The Hall–Kier alpha value is 2.70. The van der Waals surface area contributed by atoms with Crippen LogP contribution in [0.15, 0.2) is 22.8 Å². The number of hydrogen-bond acceptors (Lipinski definition) is 4. The molecule has 0 saturated carbocycles. The molecule has 0 amide bonds. The first kappa shape index (κ1) is 14.3. The third kappa shape index (κ3) is 2.93. The Labute approximate surface area is 150 Å². The summed E-state index contributed by atoms with van der Waals surface area (Å²) in [6.45, 7) is 0. The van der Waals surface area contributed by atoms with E-state index in [4.69, 9.17) is 0 Å². The minimum absolute atomic E-state index is 0.698. The summed E-state index contributed by atoms with van der Waals surface area (Å²) >= 11 is 11.8. The van der Waals surface area contributed by atoms with E-state index in [1.165, 1.54) is 22.1 Å². The van der Waals surface area contributed by atoms with Gasteiger partial charge in [-0.2, -0.15) is 0 Å². The quantitative estimate of drug-likeness (QED) is 0.410. The van der Waals surface area contributed by atoms with Crippen LogP contribution in [0, 0.1) is 0 Å². The maximum absolute atomic E-state index is 2.20. The average molecular weight is 572 g/mol. The second kappa shape index (κ2) is 6.44. The van der Waals surface area contributed by atoms with Crippen molar-refractivity contribution in [3.05, 3.63) is 22.8 Å². The van der Waals surface area contributed by atoms with Crippen molar-refractivity contribution >= 4 is 107 Å². The number of hydrogen-bond donors (Lipinski definition) is 0. The van der Waals surface area contributed by atoms with Crippen molar-refractivity contribution in [2.45, 2.75) is 10.6 Å². The monoisotopic (exact) mass is 576 g/mol. The Balaban J connectivity index is 1.54. The van der Waals surface area contributed by atoms with E-state index in [0.717, 1.165) is 29.9 Å². The standard InChI is InChI=1S/C10H8S4Se4/c1-3-15-7-5(11-1)17-9(13-7)10-14-8-6(18-10)12-2-4-16-8/h1-4H2/b10-9+. The van der Waals surface area contributed by atoms with Gasteiger partial charge in [0.1, 0.15) is 0 Å². The molecule has 4 aliphatic heterocycles. The van der Waals surface area contributed by atoms with Crippen LogP contribution in [0.2, 0.25) is 10.6 Å². The topological polar surface area (TPSA) is 0 Å². The van der Waals surface area contributed by atoms with Gasteiger partial charge >= 0.3 is 152 Å². The van der Waals surface area contributed by atoms with E-state index >= 15 is 0 Å². The Kier molecular flexibility index (Phi) is 5.12. The van der Waals surface area contributed by atoms with Crippen molar-refractivity contribution in [2.75, 3.05) is 11.5 Å². The molecule has 0 fully saturated rings. The summed E-state index contributed by atoms with van der Waals surface area (Å²) in [5.41, 5.74) is 0. The summed E-state index contributed by atoms with van der Waals surface area (Å²) in [6, 6.07) is 0.